The molecule has 0 spiro atoms. The molecule has 0 radical (unpaired) electrons. The van der Waals surface area contributed by atoms with Crippen molar-refractivity contribution >= 4 is 23.7 Å². The lowest BCUT2D eigenvalue weighted by atomic mass is 9.96. The quantitative estimate of drug-likeness (QED) is 0.539. The fraction of sp³-hybridized carbons (Fsp3) is 0.556. The Labute approximate surface area is 166 Å². The summed E-state index contributed by atoms with van der Waals surface area (Å²) in [7, 11) is 0. The van der Waals surface area contributed by atoms with Gasteiger partial charge in [-0.2, -0.15) is 0 Å². The summed E-state index contributed by atoms with van der Waals surface area (Å²) in [5.74, 6) is -1.10. The van der Waals surface area contributed by atoms with Crippen molar-refractivity contribution in [2.24, 2.45) is 0 Å². The number of aliphatic hydroxyl groups excluding tert-OH is 1. The van der Waals surface area contributed by atoms with E-state index in [1.165, 1.54) is 0 Å². The van der Waals surface area contributed by atoms with Crippen LogP contribution in [0.25, 0.3) is 0 Å². The van der Waals surface area contributed by atoms with Gasteiger partial charge >= 0.3 is 12.1 Å². The predicted octanol–water partition coefficient (Wildman–Crippen LogP) is 0.911. The van der Waals surface area contributed by atoms with Gasteiger partial charge < -0.3 is 34.1 Å². The van der Waals surface area contributed by atoms with Crippen LogP contribution in [0.2, 0.25) is 0 Å². The lowest BCUT2D eigenvalue weighted by molar-refractivity contribution is -0.331. The van der Waals surface area contributed by atoms with Crippen molar-refractivity contribution in [2.45, 2.75) is 50.5 Å². The highest BCUT2D eigenvalue weighted by molar-refractivity contribution is 6.26. The summed E-state index contributed by atoms with van der Waals surface area (Å²) in [6.45, 7) is 1.86. The smallest absolute Gasteiger partial charge is 0.407 e. The normalized spacial score (nSPS) is 32.1. The minimum Gasteiger partial charge on any atom is -0.456 e. The molecule has 2 saturated heterocycles. The second-order valence-electron chi connectivity index (χ2n) is 6.39. The maximum atomic E-state index is 12.2. The molecule has 1 aromatic carbocycles. The number of benzene rings is 1. The van der Waals surface area contributed by atoms with E-state index < -0.39 is 49.0 Å². The van der Waals surface area contributed by atoms with Crippen molar-refractivity contribution in [1.82, 2.24) is 5.32 Å². The molecule has 2 heterocycles. The largest absolute Gasteiger partial charge is 0.456 e. The van der Waals surface area contributed by atoms with E-state index in [4.69, 9.17) is 35.3 Å². The second kappa shape index (κ2) is 9.53. The average Bonchev–Trinajstić information content (AvgIpc) is 2.70. The van der Waals surface area contributed by atoms with E-state index in [-0.39, 0.29) is 19.1 Å². The highest BCUT2D eigenvalue weighted by atomic mass is 35.5. The number of rotatable bonds is 5. The molecule has 2 aliphatic rings. The molecule has 9 nitrogen and oxygen atoms in total. The Hall–Kier alpha value is -1.91. The van der Waals surface area contributed by atoms with Crippen LogP contribution < -0.4 is 5.32 Å². The molecule has 3 rings (SSSR count). The summed E-state index contributed by atoms with van der Waals surface area (Å²) in [5.41, 5.74) is 0.796. The average molecular weight is 416 g/mol. The molecule has 1 unspecified atom stereocenters. The molecular weight excluding hydrogens is 394 g/mol. The first-order chi connectivity index (χ1) is 13.5. The van der Waals surface area contributed by atoms with Crippen molar-refractivity contribution in [3.05, 3.63) is 35.9 Å². The lowest BCUT2D eigenvalue weighted by Gasteiger charge is -2.47. The summed E-state index contributed by atoms with van der Waals surface area (Å²) in [6, 6.07) is 7.99. The fourth-order valence-corrected chi connectivity index (χ4v) is 3.15. The summed E-state index contributed by atoms with van der Waals surface area (Å²) < 4.78 is 27.0. The third-order valence-corrected chi connectivity index (χ3v) is 4.60. The number of alkyl halides is 1. The third kappa shape index (κ3) is 5.12. The van der Waals surface area contributed by atoms with Gasteiger partial charge in [0, 0.05) is 0 Å². The number of hydrogen-bond donors (Lipinski definition) is 2. The minimum absolute atomic E-state index is 0.0376. The highest BCUT2D eigenvalue weighted by Crippen LogP contribution is 2.29. The van der Waals surface area contributed by atoms with Crippen molar-refractivity contribution in [2.75, 3.05) is 12.5 Å². The number of esters is 1. The third-order valence-electron chi connectivity index (χ3n) is 4.38. The molecule has 1 amide bonds. The van der Waals surface area contributed by atoms with Crippen molar-refractivity contribution in [3.8, 4) is 0 Å². The van der Waals surface area contributed by atoms with E-state index in [2.05, 4.69) is 5.32 Å². The molecule has 1 aromatic rings. The molecule has 2 fully saturated rings. The molecule has 2 aliphatic heterocycles. The number of alkyl carbamates (subject to hydrolysis) is 1. The molecule has 154 valence electrons. The molecule has 0 aromatic heterocycles. The first kappa shape index (κ1) is 20.8. The Bertz CT molecular complexity index is 675. The first-order valence-electron chi connectivity index (χ1n) is 8.81. The van der Waals surface area contributed by atoms with E-state index in [1.54, 1.807) is 19.1 Å². The van der Waals surface area contributed by atoms with Gasteiger partial charge in [0.25, 0.3) is 0 Å². The van der Waals surface area contributed by atoms with E-state index >= 15 is 0 Å². The van der Waals surface area contributed by atoms with Crippen LogP contribution in [0.4, 0.5) is 4.79 Å². The van der Waals surface area contributed by atoms with Crippen LogP contribution in [0.15, 0.2) is 30.3 Å². The lowest BCUT2D eigenvalue weighted by Crippen LogP contribution is -2.67. The van der Waals surface area contributed by atoms with Gasteiger partial charge in [0.05, 0.1) is 6.61 Å². The molecular formula is C18H22ClNO8. The van der Waals surface area contributed by atoms with Crippen LogP contribution in [-0.4, -0.2) is 66.6 Å². The Morgan fingerprint density at radius 2 is 2.04 bits per heavy atom. The predicted molar refractivity (Wildman–Crippen MR) is 95.3 cm³/mol. The number of halogens is 1. The Kier molecular flexibility index (Phi) is 7.08. The van der Waals surface area contributed by atoms with Gasteiger partial charge in [0.1, 0.15) is 30.7 Å². The van der Waals surface area contributed by atoms with E-state index in [1.807, 2.05) is 18.2 Å². The number of amides is 1. The van der Waals surface area contributed by atoms with Crippen molar-refractivity contribution in [1.29, 1.82) is 0 Å². The van der Waals surface area contributed by atoms with Crippen molar-refractivity contribution < 1.29 is 38.4 Å². The fourth-order valence-electron chi connectivity index (χ4n) is 3.09. The molecule has 6 atom stereocenters. The Balaban J connectivity index is 1.68. The molecule has 28 heavy (non-hydrogen) atoms. The number of carbonyl (C=O) groups is 2. The van der Waals surface area contributed by atoms with E-state index in [0.717, 1.165) is 5.56 Å². The second-order valence-corrected chi connectivity index (χ2v) is 6.65. The van der Waals surface area contributed by atoms with Gasteiger partial charge in [-0.05, 0) is 12.5 Å². The molecule has 0 bridgehead atoms. The van der Waals surface area contributed by atoms with Crippen LogP contribution in [0.1, 0.15) is 12.5 Å². The maximum absolute atomic E-state index is 12.2. The van der Waals surface area contributed by atoms with Crippen LogP contribution in [0.3, 0.4) is 0 Å². The van der Waals surface area contributed by atoms with Gasteiger partial charge in [-0.3, -0.25) is 4.79 Å². The van der Waals surface area contributed by atoms with Crippen molar-refractivity contribution in [3.63, 3.8) is 0 Å². The van der Waals surface area contributed by atoms with Crippen LogP contribution in [0.5, 0.6) is 0 Å². The van der Waals surface area contributed by atoms with Gasteiger partial charge in [-0.15, -0.1) is 11.6 Å². The zero-order valence-corrected chi connectivity index (χ0v) is 15.9. The summed E-state index contributed by atoms with van der Waals surface area (Å²) in [6.07, 6.45) is -5.28. The number of carbonyl (C=O) groups excluding carboxylic acids is 2. The van der Waals surface area contributed by atoms with Crippen LogP contribution >= 0.6 is 11.6 Å². The molecule has 2 N–H and O–H groups in total. The standard InChI is InChI=1S/C18H22ClNO8/c1-10-24-9-12-15(26-10)16(28-13(21)7-19)14(17(22)27-12)20-18(23)25-8-11-5-3-2-4-6-11/h2-6,10,12,14-17,22H,7-9H2,1H3,(H,20,23)/t10?,12-,14-,15-,16-,17+/m1/s1. The number of ether oxygens (including phenoxy) is 5. The topological polar surface area (TPSA) is 113 Å². The van der Waals surface area contributed by atoms with Gasteiger partial charge in [0.15, 0.2) is 18.7 Å². The van der Waals surface area contributed by atoms with E-state index in [0.29, 0.717) is 0 Å². The summed E-state index contributed by atoms with van der Waals surface area (Å²) in [5, 5.41) is 12.8. The zero-order chi connectivity index (χ0) is 20.1. The number of aliphatic hydroxyl groups is 1. The monoisotopic (exact) mass is 415 g/mol. The Morgan fingerprint density at radius 3 is 2.75 bits per heavy atom. The highest BCUT2D eigenvalue weighted by Gasteiger charge is 2.51. The number of fused-ring (bicyclic) bond motifs is 1. The number of nitrogens with one attached hydrogen (secondary N) is 1. The number of hydrogen-bond acceptors (Lipinski definition) is 8. The maximum Gasteiger partial charge on any atom is 0.407 e. The van der Waals surface area contributed by atoms with Gasteiger partial charge in [-0.1, -0.05) is 30.3 Å². The SMILES string of the molecule is CC1OC[C@H]2O[C@H](O)[C@H](NC(=O)OCc3ccccc3)[C@@H](OC(=O)CCl)[C@@H]2O1. The molecule has 0 saturated carbocycles. The molecule has 0 aliphatic carbocycles. The van der Waals surface area contributed by atoms with Gasteiger partial charge in [-0.25, -0.2) is 4.79 Å². The zero-order valence-electron chi connectivity index (χ0n) is 15.2. The van der Waals surface area contributed by atoms with Gasteiger partial charge in [0.2, 0.25) is 0 Å². The van der Waals surface area contributed by atoms with Crippen LogP contribution in [0, 0.1) is 0 Å². The van der Waals surface area contributed by atoms with Crippen LogP contribution in [-0.2, 0) is 35.1 Å². The summed E-state index contributed by atoms with van der Waals surface area (Å²) in [4.78, 5) is 24.0. The minimum atomic E-state index is -1.46. The van der Waals surface area contributed by atoms with E-state index in [9.17, 15) is 14.7 Å². The Morgan fingerprint density at radius 1 is 1.29 bits per heavy atom. The summed E-state index contributed by atoms with van der Waals surface area (Å²) >= 11 is 5.54. The molecule has 10 heteroatoms. The first-order valence-corrected chi connectivity index (χ1v) is 9.34.